The smallest absolute Gasteiger partial charge is 0.349 e. The third kappa shape index (κ3) is 2.81. The Labute approximate surface area is 125 Å². The van der Waals surface area contributed by atoms with Gasteiger partial charge in [-0.05, 0) is 18.7 Å². The highest BCUT2D eigenvalue weighted by Crippen LogP contribution is 2.29. The van der Waals surface area contributed by atoms with E-state index in [1.807, 2.05) is 0 Å². The fourth-order valence-electron chi connectivity index (χ4n) is 1.78. The van der Waals surface area contributed by atoms with Gasteiger partial charge in [-0.25, -0.2) is 24.3 Å². The molecule has 2 N–H and O–H groups in total. The fraction of sp³-hybridized carbons (Fsp3) is 0.182. The molecular weight excluding hydrogens is 314 g/mol. The second-order valence-electron chi connectivity index (χ2n) is 4.14. The quantitative estimate of drug-likeness (QED) is 0.687. The van der Waals surface area contributed by atoms with Crippen LogP contribution in [0.1, 0.15) is 11.5 Å². The summed E-state index contributed by atoms with van der Waals surface area (Å²) in [6, 6.07) is 1.67. The maximum Gasteiger partial charge on any atom is 0.349 e. The highest BCUT2D eigenvalue weighted by Gasteiger charge is 2.11. The first-order valence-corrected chi connectivity index (χ1v) is 7.51. The molecule has 0 atom stereocenters. The molecule has 0 aromatic carbocycles. The summed E-state index contributed by atoms with van der Waals surface area (Å²) in [5.74, 6) is -0.390. The van der Waals surface area contributed by atoms with Crippen molar-refractivity contribution in [3.05, 3.63) is 33.4 Å². The summed E-state index contributed by atoms with van der Waals surface area (Å²) < 4.78 is 2.07. The van der Waals surface area contributed by atoms with Gasteiger partial charge < -0.3 is 5.11 Å². The van der Waals surface area contributed by atoms with Crippen LogP contribution in [-0.2, 0) is 11.2 Å². The van der Waals surface area contributed by atoms with Gasteiger partial charge in [0.2, 0.25) is 0 Å². The molecule has 21 heavy (non-hydrogen) atoms. The van der Waals surface area contributed by atoms with Gasteiger partial charge in [0, 0.05) is 11.4 Å². The van der Waals surface area contributed by atoms with Crippen LogP contribution in [0, 0.1) is 6.92 Å². The molecule has 8 nitrogen and oxygen atoms in total. The van der Waals surface area contributed by atoms with Gasteiger partial charge in [-0.15, -0.1) is 11.3 Å². The normalized spacial score (nSPS) is 11.1. The zero-order chi connectivity index (χ0) is 15.0. The van der Waals surface area contributed by atoms with E-state index < -0.39 is 5.97 Å². The lowest BCUT2D eigenvalue weighted by Gasteiger charge is -2.01. The summed E-state index contributed by atoms with van der Waals surface area (Å²) in [5.41, 5.74) is 0.672. The maximum absolute atomic E-state index is 11.5. The van der Waals surface area contributed by atoms with E-state index in [2.05, 4.69) is 20.2 Å². The third-order valence-electron chi connectivity index (χ3n) is 2.60. The Bertz CT molecular complexity index is 881. The second-order valence-corrected chi connectivity index (χ2v) is 6.27. The van der Waals surface area contributed by atoms with Crippen molar-refractivity contribution < 1.29 is 9.90 Å². The molecule has 3 aromatic heterocycles. The molecule has 0 aliphatic heterocycles. The van der Waals surface area contributed by atoms with E-state index in [1.165, 1.54) is 27.5 Å². The van der Waals surface area contributed by atoms with Crippen LogP contribution in [0.2, 0.25) is 0 Å². The van der Waals surface area contributed by atoms with Crippen molar-refractivity contribution in [3.8, 4) is 0 Å². The molecule has 3 aromatic rings. The van der Waals surface area contributed by atoms with E-state index in [1.54, 1.807) is 18.4 Å². The van der Waals surface area contributed by atoms with Gasteiger partial charge in [-0.2, -0.15) is 5.10 Å². The molecule has 0 unspecified atom stereocenters. The molecule has 0 aliphatic carbocycles. The van der Waals surface area contributed by atoms with Crippen molar-refractivity contribution in [2.75, 3.05) is 0 Å². The van der Waals surface area contributed by atoms with Crippen molar-refractivity contribution in [1.29, 1.82) is 0 Å². The number of fused-ring (bicyclic) bond motifs is 1. The number of thiazole rings is 1. The van der Waals surface area contributed by atoms with Crippen molar-refractivity contribution in [2.24, 2.45) is 0 Å². The Hall–Kier alpha value is -2.20. The van der Waals surface area contributed by atoms with Crippen molar-refractivity contribution >= 4 is 34.7 Å². The first kappa shape index (κ1) is 13.8. The van der Waals surface area contributed by atoms with Crippen LogP contribution in [0.5, 0.6) is 0 Å². The van der Waals surface area contributed by atoms with E-state index in [9.17, 15) is 9.59 Å². The molecule has 0 saturated carbocycles. The number of hydrogen-bond acceptors (Lipinski definition) is 7. The molecule has 0 spiro atoms. The van der Waals surface area contributed by atoms with Gasteiger partial charge in [-0.1, -0.05) is 0 Å². The minimum atomic E-state index is -0.914. The maximum atomic E-state index is 11.5. The summed E-state index contributed by atoms with van der Waals surface area (Å²) in [4.78, 5) is 30.7. The van der Waals surface area contributed by atoms with E-state index in [-0.39, 0.29) is 12.1 Å². The SMILES string of the molecule is Cc1nc(Sc2nc(CC(=O)O)cs2)cc2n[nH]c(=O)n12. The Morgan fingerprint density at radius 1 is 1.52 bits per heavy atom. The highest BCUT2D eigenvalue weighted by atomic mass is 32.2. The minimum Gasteiger partial charge on any atom is -0.481 e. The molecule has 0 radical (unpaired) electrons. The largest absolute Gasteiger partial charge is 0.481 e. The average Bonchev–Trinajstić information content (AvgIpc) is 2.96. The lowest BCUT2D eigenvalue weighted by atomic mass is 10.3. The van der Waals surface area contributed by atoms with Gasteiger partial charge in [0.15, 0.2) is 9.99 Å². The summed E-state index contributed by atoms with van der Waals surface area (Å²) in [6.45, 7) is 1.71. The van der Waals surface area contributed by atoms with Crippen LogP contribution in [0.4, 0.5) is 0 Å². The van der Waals surface area contributed by atoms with Crippen molar-refractivity contribution in [1.82, 2.24) is 24.6 Å². The molecule has 0 fully saturated rings. The van der Waals surface area contributed by atoms with Gasteiger partial charge >= 0.3 is 11.7 Å². The fourth-order valence-corrected chi connectivity index (χ4v) is 3.60. The van der Waals surface area contributed by atoms with Crippen molar-refractivity contribution in [2.45, 2.75) is 22.7 Å². The number of aromatic nitrogens is 5. The number of aryl methyl sites for hydroxylation is 1. The van der Waals surface area contributed by atoms with E-state index >= 15 is 0 Å². The number of H-pyrrole nitrogens is 1. The number of nitrogens with one attached hydrogen (secondary N) is 1. The van der Waals surface area contributed by atoms with Gasteiger partial charge in [-0.3, -0.25) is 4.79 Å². The first-order valence-electron chi connectivity index (χ1n) is 5.82. The zero-order valence-corrected chi connectivity index (χ0v) is 12.4. The summed E-state index contributed by atoms with van der Waals surface area (Å²) >= 11 is 2.66. The number of aromatic amines is 1. The number of carbonyl (C=O) groups is 1. The average molecular weight is 323 g/mol. The molecule has 10 heteroatoms. The summed E-state index contributed by atoms with van der Waals surface area (Å²) in [5, 5.41) is 17.3. The van der Waals surface area contributed by atoms with Crippen LogP contribution < -0.4 is 5.69 Å². The molecule has 108 valence electrons. The predicted molar refractivity (Wildman–Crippen MR) is 75.9 cm³/mol. The molecule has 0 amide bonds. The van der Waals surface area contributed by atoms with E-state index in [0.717, 1.165) is 0 Å². The first-order chi connectivity index (χ1) is 10.0. The van der Waals surface area contributed by atoms with Gasteiger partial charge in [0.05, 0.1) is 12.1 Å². The number of rotatable bonds is 4. The Kier molecular flexibility index (Phi) is 3.47. The highest BCUT2D eigenvalue weighted by molar-refractivity contribution is 8.01. The minimum absolute atomic E-state index is 0.0999. The molecule has 0 aliphatic rings. The van der Waals surface area contributed by atoms with Crippen LogP contribution in [0.3, 0.4) is 0 Å². The lowest BCUT2D eigenvalue weighted by Crippen LogP contribution is -2.13. The molecule has 3 rings (SSSR count). The summed E-state index contributed by atoms with van der Waals surface area (Å²) in [6.07, 6.45) is -0.0999. The Balaban J connectivity index is 1.89. The van der Waals surface area contributed by atoms with Crippen LogP contribution in [0.15, 0.2) is 25.6 Å². The van der Waals surface area contributed by atoms with Crippen molar-refractivity contribution in [3.63, 3.8) is 0 Å². The van der Waals surface area contributed by atoms with E-state index in [0.29, 0.717) is 26.5 Å². The number of carboxylic acid groups (broad SMARTS) is 1. The number of aliphatic carboxylic acids is 1. The van der Waals surface area contributed by atoms with Crippen LogP contribution in [0.25, 0.3) is 5.65 Å². The molecule has 0 bridgehead atoms. The predicted octanol–water partition coefficient (Wildman–Crippen LogP) is 0.961. The number of carboxylic acids is 1. The second kappa shape index (κ2) is 5.30. The van der Waals surface area contributed by atoms with Gasteiger partial charge in [0.1, 0.15) is 10.9 Å². The third-order valence-corrected chi connectivity index (χ3v) is 4.51. The Morgan fingerprint density at radius 2 is 2.33 bits per heavy atom. The Morgan fingerprint density at radius 3 is 3.10 bits per heavy atom. The van der Waals surface area contributed by atoms with Gasteiger partial charge in [0.25, 0.3) is 0 Å². The monoisotopic (exact) mass is 323 g/mol. The number of nitrogens with zero attached hydrogens (tertiary/aromatic N) is 4. The van der Waals surface area contributed by atoms with E-state index in [4.69, 9.17) is 5.11 Å². The standard InChI is InChI=1S/C11H9N5O3S2/c1-5-12-8(3-7-14-15-10(19)16(5)7)21-11-13-6(4-20-11)2-9(17)18/h3-4H,2H2,1H3,(H,15,19)(H,17,18). The lowest BCUT2D eigenvalue weighted by molar-refractivity contribution is -0.136. The van der Waals surface area contributed by atoms with Crippen LogP contribution >= 0.6 is 23.1 Å². The molecular formula is C11H9N5O3S2. The summed E-state index contributed by atoms with van der Waals surface area (Å²) in [7, 11) is 0. The van der Waals surface area contributed by atoms with Crippen LogP contribution in [-0.4, -0.2) is 35.6 Å². The molecule has 3 heterocycles. The molecule has 0 saturated heterocycles. The topological polar surface area (TPSA) is 113 Å². The zero-order valence-electron chi connectivity index (χ0n) is 10.7. The number of hydrogen-bond donors (Lipinski definition) is 2.